The molecule has 0 saturated heterocycles. The lowest BCUT2D eigenvalue weighted by Crippen LogP contribution is -2.14. The van der Waals surface area contributed by atoms with Crippen molar-refractivity contribution in [1.29, 1.82) is 0 Å². The van der Waals surface area contributed by atoms with Crippen LogP contribution in [0, 0.1) is 13.8 Å². The molecule has 122 valence electrons. The summed E-state index contributed by atoms with van der Waals surface area (Å²) in [6.45, 7) is 3.73. The standard InChI is InChI=1S/C17H14Cl2N4O/c1-10-3-5-14(6-4-10)21-17(24)16-20-11(2)23(22-16)15-8-12(18)7-13(19)9-15/h3-9H,1-2H3,(H,21,24). The van der Waals surface area contributed by atoms with Gasteiger partial charge in [0.25, 0.3) is 5.91 Å². The average Bonchev–Trinajstić information content (AvgIpc) is 2.91. The topological polar surface area (TPSA) is 59.8 Å². The van der Waals surface area contributed by atoms with Gasteiger partial charge in [-0.25, -0.2) is 9.67 Å². The molecule has 0 aliphatic carbocycles. The summed E-state index contributed by atoms with van der Waals surface area (Å²) in [5.74, 6) is 0.250. The predicted octanol–water partition coefficient (Wildman–Crippen LogP) is 4.44. The number of hydrogen-bond donors (Lipinski definition) is 1. The lowest BCUT2D eigenvalue weighted by Gasteiger charge is -2.04. The highest BCUT2D eigenvalue weighted by Crippen LogP contribution is 2.22. The van der Waals surface area contributed by atoms with Crippen molar-refractivity contribution >= 4 is 34.8 Å². The van der Waals surface area contributed by atoms with Crippen molar-refractivity contribution in [3.63, 3.8) is 0 Å². The molecule has 0 aliphatic rings. The van der Waals surface area contributed by atoms with E-state index >= 15 is 0 Å². The fourth-order valence-electron chi connectivity index (χ4n) is 2.22. The lowest BCUT2D eigenvalue weighted by molar-refractivity contribution is 0.101. The van der Waals surface area contributed by atoms with Crippen molar-refractivity contribution in [2.45, 2.75) is 13.8 Å². The van der Waals surface area contributed by atoms with E-state index in [1.54, 1.807) is 25.1 Å². The number of amides is 1. The Balaban J connectivity index is 1.87. The van der Waals surface area contributed by atoms with Crippen LogP contribution in [0.5, 0.6) is 0 Å². The van der Waals surface area contributed by atoms with E-state index in [0.29, 0.717) is 27.2 Å². The maximum atomic E-state index is 12.3. The third kappa shape index (κ3) is 3.58. The summed E-state index contributed by atoms with van der Waals surface area (Å²) in [6.07, 6.45) is 0. The number of nitrogens with zero attached hydrogens (tertiary/aromatic N) is 3. The van der Waals surface area contributed by atoms with Gasteiger partial charge in [-0.2, -0.15) is 0 Å². The summed E-state index contributed by atoms with van der Waals surface area (Å²) in [6, 6.07) is 12.5. The van der Waals surface area contributed by atoms with Gasteiger partial charge in [0.1, 0.15) is 5.82 Å². The van der Waals surface area contributed by atoms with Crippen LogP contribution < -0.4 is 5.32 Å². The van der Waals surface area contributed by atoms with Gasteiger partial charge < -0.3 is 5.32 Å². The number of anilines is 1. The molecule has 0 atom stereocenters. The van der Waals surface area contributed by atoms with Crippen LogP contribution in [0.15, 0.2) is 42.5 Å². The van der Waals surface area contributed by atoms with Crippen molar-refractivity contribution in [3.8, 4) is 5.69 Å². The van der Waals surface area contributed by atoms with Crippen LogP contribution in [0.2, 0.25) is 10.0 Å². The van der Waals surface area contributed by atoms with Crippen LogP contribution in [-0.4, -0.2) is 20.7 Å². The minimum absolute atomic E-state index is 0.0733. The van der Waals surface area contributed by atoms with E-state index in [1.165, 1.54) is 4.68 Å². The molecular weight excluding hydrogens is 347 g/mol. The summed E-state index contributed by atoms with van der Waals surface area (Å²) < 4.78 is 1.53. The zero-order valence-corrected chi connectivity index (χ0v) is 14.6. The number of halogens is 2. The van der Waals surface area contributed by atoms with Gasteiger partial charge in [-0.1, -0.05) is 40.9 Å². The molecule has 5 nitrogen and oxygen atoms in total. The summed E-state index contributed by atoms with van der Waals surface area (Å²) in [5, 5.41) is 7.99. The number of hydrogen-bond acceptors (Lipinski definition) is 3. The van der Waals surface area contributed by atoms with Gasteiger partial charge in [0.05, 0.1) is 5.69 Å². The summed E-state index contributed by atoms with van der Waals surface area (Å²) in [5.41, 5.74) is 2.45. The third-order valence-corrected chi connectivity index (χ3v) is 3.81. The van der Waals surface area contributed by atoms with E-state index in [0.717, 1.165) is 5.56 Å². The summed E-state index contributed by atoms with van der Waals surface area (Å²) in [4.78, 5) is 16.5. The molecule has 2 aromatic carbocycles. The fourth-order valence-corrected chi connectivity index (χ4v) is 2.73. The monoisotopic (exact) mass is 360 g/mol. The third-order valence-electron chi connectivity index (χ3n) is 3.37. The highest BCUT2D eigenvalue weighted by molar-refractivity contribution is 6.34. The fraction of sp³-hybridized carbons (Fsp3) is 0.118. The van der Waals surface area contributed by atoms with E-state index in [9.17, 15) is 4.79 Å². The Morgan fingerprint density at radius 3 is 2.29 bits per heavy atom. The lowest BCUT2D eigenvalue weighted by atomic mass is 10.2. The van der Waals surface area contributed by atoms with Gasteiger partial charge in [0.15, 0.2) is 0 Å². The van der Waals surface area contributed by atoms with E-state index in [2.05, 4.69) is 15.4 Å². The second-order valence-electron chi connectivity index (χ2n) is 5.34. The predicted molar refractivity (Wildman–Crippen MR) is 95.2 cm³/mol. The smallest absolute Gasteiger partial charge is 0.295 e. The molecule has 0 aliphatic heterocycles. The van der Waals surface area contributed by atoms with Crippen molar-refractivity contribution in [2.75, 3.05) is 5.32 Å². The number of carbonyl (C=O) groups excluding carboxylic acids is 1. The molecule has 1 amide bonds. The largest absolute Gasteiger partial charge is 0.319 e. The van der Waals surface area contributed by atoms with Gasteiger partial charge in [0, 0.05) is 15.7 Å². The maximum Gasteiger partial charge on any atom is 0.295 e. The molecule has 24 heavy (non-hydrogen) atoms. The van der Waals surface area contributed by atoms with Crippen molar-refractivity contribution in [2.24, 2.45) is 0 Å². The van der Waals surface area contributed by atoms with Crippen molar-refractivity contribution < 1.29 is 4.79 Å². The maximum absolute atomic E-state index is 12.3. The summed E-state index contributed by atoms with van der Waals surface area (Å²) >= 11 is 12.0. The van der Waals surface area contributed by atoms with Crippen LogP contribution in [0.25, 0.3) is 5.69 Å². The number of carbonyl (C=O) groups is 1. The van der Waals surface area contributed by atoms with Gasteiger partial charge in [-0.3, -0.25) is 4.79 Å². The zero-order chi connectivity index (χ0) is 17.3. The number of rotatable bonds is 3. The molecule has 3 aromatic rings. The number of benzene rings is 2. The highest BCUT2D eigenvalue weighted by Gasteiger charge is 2.16. The molecule has 0 bridgehead atoms. The molecular formula is C17H14Cl2N4O. The molecule has 0 unspecified atom stereocenters. The highest BCUT2D eigenvalue weighted by atomic mass is 35.5. The van der Waals surface area contributed by atoms with Crippen molar-refractivity contribution in [3.05, 3.63) is 69.7 Å². The Morgan fingerprint density at radius 1 is 1.04 bits per heavy atom. The Hall–Kier alpha value is -2.37. The second-order valence-corrected chi connectivity index (χ2v) is 6.22. The Labute approximate surface area is 149 Å². The minimum Gasteiger partial charge on any atom is -0.319 e. The molecule has 0 radical (unpaired) electrons. The van der Waals surface area contributed by atoms with Gasteiger partial charge in [0.2, 0.25) is 5.82 Å². The number of aromatic nitrogens is 3. The molecule has 7 heteroatoms. The average molecular weight is 361 g/mol. The zero-order valence-electron chi connectivity index (χ0n) is 13.0. The van der Waals surface area contributed by atoms with Gasteiger partial charge in [-0.05, 0) is 44.2 Å². The quantitative estimate of drug-likeness (QED) is 0.750. The molecule has 0 saturated carbocycles. The van der Waals surface area contributed by atoms with E-state index in [-0.39, 0.29) is 11.7 Å². The number of nitrogens with one attached hydrogen (secondary N) is 1. The van der Waals surface area contributed by atoms with Crippen LogP contribution in [0.4, 0.5) is 5.69 Å². The first-order chi connectivity index (χ1) is 11.4. The molecule has 1 heterocycles. The number of aryl methyl sites for hydroxylation is 2. The summed E-state index contributed by atoms with van der Waals surface area (Å²) in [7, 11) is 0. The van der Waals surface area contributed by atoms with Crippen LogP contribution in [0.1, 0.15) is 22.0 Å². The molecule has 0 spiro atoms. The Kier molecular flexibility index (Phi) is 4.55. The van der Waals surface area contributed by atoms with Gasteiger partial charge >= 0.3 is 0 Å². The molecule has 3 rings (SSSR count). The first-order valence-corrected chi connectivity index (χ1v) is 7.96. The normalized spacial score (nSPS) is 10.7. The van der Waals surface area contributed by atoms with Crippen LogP contribution >= 0.6 is 23.2 Å². The van der Waals surface area contributed by atoms with E-state index in [1.807, 2.05) is 31.2 Å². The van der Waals surface area contributed by atoms with E-state index in [4.69, 9.17) is 23.2 Å². The van der Waals surface area contributed by atoms with Crippen LogP contribution in [0.3, 0.4) is 0 Å². The minimum atomic E-state index is -0.381. The van der Waals surface area contributed by atoms with Crippen LogP contribution in [-0.2, 0) is 0 Å². The first-order valence-electron chi connectivity index (χ1n) is 7.20. The molecule has 0 fully saturated rings. The van der Waals surface area contributed by atoms with Gasteiger partial charge in [-0.15, -0.1) is 5.10 Å². The van der Waals surface area contributed by atoms with E-state index < -0.39 is 0 Å². The Bertz CT molecular complexity index is 883. The SMILES string of the molecule is Cc1ccc(NC(=O)c2nc(C)n(-c3cc(Cl)cc(Cl)c3)n2)cc1. The first kappa shape index (κ1) is 16.5. The van der Waals surface area contributed by atoms with Crippen molar-refractivity contribution in [1.82, 2.24) is 14.8 Å². The molecule has 1 aromatic heterocycles. The Morgan fingerprint density at radius 2 is 1.67 bits per heavy atom. The second kappa shape index (κ2) is 6.63. The molecule has 1 N–H and O–H groups in total.